The summed E-state index contributed by atoms with van der Waals surface area (Å²) in [5.74, 6) is -0.876. The minimum absolute atomic E-state index is 0.0680. The number of fused-ring (bicyclic) bond motifs is 1. The Labute approximate surface area is 143 Å². The smallest absolute Gasteiger partial charge is 0.307 e. The molecule has 0 unspecified atom stereocenters. The minimum Gasteiger partial charge on any atom is -0.481 e. The highest BCUT2D eigenvalue weighted by atomic mass is 35.5. The zero-order chi connectivity index (χ0) is 16.6. The number of hydrogen-bond donors (Lipinski definition) is 2. The van der Waals surface area contributed by atoms with Gasteiger partial charge in [0.15, 0.2) is 0 Å². The van der Waals surface area contributed by atoms with Crippen molar-refractivity contribution >= 4 is 40.1 Å². The molecular formula is C18H15Cl2NO2. The summed E-state index contributed by atoms with van der Waals surface area (Å²) in [6.45, 7) is 2.07. The molecule has 0 bridgehead atoms. The highest BCUT2D eigenvalue weighted by molar-refractivity contribution is 6.36. The monoisotopic (exact) mass is 347 g/mol. The van der Waals surface area contributed by atoms with Gasteiger partial charge in [0.1, 0.15) is 0 Å². The number of aryl methyl sites for hydroxylation is 1. The fourth-order valence-corrected chi connectivity index (χ4v) is 3.39. The standard InChI is InChI=1S/C18H15Cl2NO2/c1-2-10-4-3-5-12-14(9-16(22)23)18(21-17(10)12)13-7-6-11(19)8-15(13)20/h3-8,21H,2,9H2,1H3,(H,22,23). The van der Waals surface area contributed by atoms with Crippen molar-refractivity contribution in [1.29, 1.82) is 0 Å². The molecule has 2 N–H and O–H groups in total. The quantitative estimate of drug-likeness (QED) is 0.669. The Balaban J connectivity index is 2.32. The highest BCUT2D eigenvalue weighted by Crippen LogP contribution is 2.37. The van der Waals surface area contributed by atoms with E-state index in [9.17, 15) is 9.90 Å². The molecule has 0 aliphatic heterocycles. The summed E-state index contributed by atoms with van der Waals surface area (Å²) in [6, 6.07) is 11.2. The number of carboxylic acids is 1. The van der Waals surface area contributed by atoms with Crippen LogP contribution in [0, 0.1) is 0 Å². The van der Waals surface area contributed by atoms with E-state index < -0.39 is 5.97 Å². The number of aromatic nitrogens is 1. The fourth-order valence-electron chi connectivity index (χ4n) is 2.89. The minimum atomic E-state index is -0.876. The van der Waals surface area contributed by atoms with Crippen LogP contribution < -0.4 is 0 Å². The Kier molecular flexibility index (Phi) is 4.33. The van der Waals surface area contributed by atoms with Gasteiger partial charge in [-0.25, -0.2) is 0 Å². The molecule has 23 heavy (non-hydrogen) atoms. The summed E-state index contributed by atoms with van der Waals surface area (Å²) in [5, 5.41) is 11.3. The second-order valence-electron chi connectivity index (χ2n) is 5.37. The first kappa shape index (κ1) is 15.9. The molecule has 0 fully saturated rings. The van der Waals surface area contributed by atoms with Crippen LogP contribution in [0.4, 0.5) is 0 Å². The van der Waals surface area contributed by atoms with Crippen LogP contribution in [0.15, 0.2) is 36.4 Å². The SMILES string of the molecule is CCc1cccc2c(CC(=O)O)c(-c3ccc(Cl)cc3Cl)[nH]c12. The first-order valence-electron chi connectivity index (χ1n) is 7.31. The van der Waals surface area contributed by atoms with Gasteiger partial charge in [-0.15, -0.1) is 0 Å². The maximum atomic E-state index is 11.3. The van der Waals surface area contributed by atoms with E-state index in [-0.39, 0.29) is 6.42 Å². The number of nitrogens with one attached hydrogen (secondary N) is 1. The summed E-state index contributed by atoms with van der Waals surface area (Å²) < 4.78 is 0. The van der Waals surface area contributed by atoms with E-state index in [1.54, 1.807) is 12.1 Å². The topological polar surface area (TPSA) is 53.1 Å². The first-order valence-corrected chi connectivity index (χ1v) is 8.06. The van der Waals surface area contributed by atoms with Crippen molar-refractivity contribution < 1.29 is 9.90 Å². The predicted molar refractivity (Wildman–Crippen MR) is 94.5 cm³/mol. The Morgan fingerprint density at radius 2 is 2.00 bits per heavy atom. The fraction of sp³-hybridized carbons (Fsp3) is 0.167. The molecule has 0 amide bonds. The molecule has 3 nitrogen and oxygen atoms in total. The van der Waals surface area contributed by atoms with Gasteiger partial charge >= 0.3 is 5.97 Å². The van der Waals surface area contributed by atoms with Gasteiger partial charge in [0.25, 0.3) is 0 Å². The number of para-hydroxylation sites is 1. The second-order valence-corrected chi connectivity index (χ2v) is 6.21. The van der Waals surface area contributed by atoms with Gasteiger partial charge in [0.2, 0.25) is 0 Å². The molecule has 1 aromatic heterocycles. The molecule has 0 saturated heterocycles. The van der Waals surface area contributed by atoms with Gasteiger partial charge in [0, 0.05) is 21.5 Å². The Bertz CT molecular complexity index is 899. The number of rotatable bonds is 4. The average Bonchev–Trinajstić information content (AvgIpc) is 2.85. The third-order valence-electron chi connectivity index (χ3n) is 3.94. The van der Waals surface area contributed by atoms with Crippen molar-refractivity contribution in [1.82, 2.24) is 4.98 Å². The van der Waals surface area contributed by atoms with Gasteiger partial charge in [0.05, 0.1) is 17.1 Å². The van der Waals surface area contributed by atoms with E-state index in [4.69, 9.17) is 23.2 Å². The van der Waals surface area contributed by atoms with Crippen LogP contribution in [0.2, 0.25) is 10.0 Å². The van der Waals surface area contributed by atoms with E-state index in [0.29, 0.717) is 10.0 Å². The Morgan fingerprint density at radius 3 is 2.65 bits per heavy atom. The maximum absolute atomic E-state index is 11.3. The highest BCUT2D eigenvalue weighted by Gasteiger charge is 2.18. The number of H-pyrrole nitrogens is 1. The van der Waals surface area contributed by atoms with Crippen LogP contribution in [0.3, 0.4) is 0 Å². The zero-order valence-electron chi connectivity index (χ0n) is 12.5. The lowest BCUT2D eigenvalue weighted by Gasteiger charge is -2.06. The Morgan fingerprint density at radius 1 is 1.22 bits per heavy atom. The molecule has 0 spiro atoms. The van der Waals surface area contributed by atoms with Gasteiger partial charge in [-0.05, 0) is 35.7 Å². The molecule has 5 heteroatoms. The molecule has 0 saturated carbocycles. The number of carboxylic acid groups (broad SMARTS) is 1. The zero-order valence-corrected chi connectivity index (χ0v) is 14.0. The van der Waals surface area contributed by atoms with Crippen molar-refractivity contribution in [2.45, 2.75) is 19.8 Å². The second kappa shape index (κ2) is 6.26. The van der Waals surface area contributed by atoms with Gasteiger partial charge < -0.3 is 10.1 Å². The van der Waals surface area contributed by atoms with Crippen molar-refractivity contribution in [3.63, 3.8) is 0 Å². The molecule has 0 radical (unpaired) electrons. The molecule has 3 rings (SSSR count). The summed E-state index contributed by atoms with van der Waals surface area (Å²) >= 11 is 12.3. The van der Waals surface area contributed by atoms with Gasteiger partial charge in [-0.3, -0.25) is 4.79 Å². The molecule has 0 atom stereocenters. The number of aromatic amines is 1. The van der Waals surface area contributed by atoms with Crippen molar-refractivity contribution in [2.24, 2.45) is 0 Å². The summed E-state index contributed by atoms with van der Waals surface area (Å²) in [6.07, 6.45) is 0.791. The number of aliphatic carboxylic acids is 1. The van der Waals surface area contributed by atoms with Crippen LogP contribution >= 0.6 is 23.2 Å². The average molecular weight is 348 g/mol. The summed E-state index contributed by atoms with van der Waals surface area (Å²) in [7, 11) is 0. The molecule has 1 heterocycles. The van der Waals surface area contributed by atoms with Crippen molar-refractivity contribution in [3.05, 3.63) is 57.6 Å². The number of benzene rings is 2. The molecular weight excluding hydrogens is 333 g/mol. The molecule has 0 aliphatic rings. The lowest BCUT2D eigenvalue weighted by Crippen LogP contribution is -2.01. The van der Waals surface area contributed by atoms with Crippen LogP contribution in [-0.4, -0.2) is 16.1 Å². The maximum Gasteiger partial charge on any atom is 0.307 e. The largest absolute Gasteiger partial charge is 0.481 e. The molecule has 3 aromatic rings. The van der Waals surface area contributed by atoms with E-state index in [0.717, 1.165) is 39.7 Å². The van der Waals surface area contributed by atoms with Crippen LogP contribution in [0.1, 0.15) is 18.1 Å². The predicted octanol–water partition coefficient (Wildman–Crippen LogP) is 5.33. The summed E-state index contributed by atoms with van der Waals surface area (Å²) in [5.41, 5.74) is 4.35. The van der Waals surface area contributed by atoms with E-state index in [2.05, 4.69) is 11.9 Å². The van der Waals surface area contributed by atoms with Crippen LogP contribution in [-0.2, 0) is 17.6 Å². The van der Waals surface area contributed by atoms with E-state index >= 15 is 0 Å². The lowest BCUT2D eigenvalue weighted by molar-refractivity contribution is -0.136. The van der Waals surface area contributed by atoms with Crippen LogP contribution in [0.25, 0.3) is 22.2 Å². The van der Waals surface area contributed by atoms with Crippen molar-refractivity contribution in [3.8, 4) is 11.3 Å². The Hall–Kier alpha value is -1.97. The van der Waals surface area contributed by atoms with Crippen LogP contribution in [0.5, 0.6) is 0 Å². The number of hydrogen-bond acceptors (Lipinski definition) is 1. The summed E-state index contributed by atoms with van der Waals surface area (Å²) in [4.78, 5) is 14.7. The number of carbonyl (C=O) groups is 1. The normalized spacial score (nSPS) is 11.1. The van der Waals surface area contributed by atoms with Gasteiger partial charge in [-0.1, -0.05) is 48.3 Å². The first-order chi connectivity index (χ1) is 11.0. The third-order valence-corrected chi connectivity index (χ3v) is 4.48. The number of halogens is 2. The van der Waals surface area contributed by atoms with E-state index in [1.807, 2.05) is 24.3 Å². The van der Waals surface area contributed by atoms with Gasteiger partial charge in [-0.2, -0.15) is 0 Å². The molecule has 0 aliphatic carbocycles. The van der Waals surface area contributed by atoms with E-state index in [1.165, 1.54) is 0 Å². The third kappa shape index (κ3) is 2.94. The molecule has 118 valence electrons. The molecule has 2 aromatic carbocycles. The van der Waals surface area contributed by atoms with Crippen molar-refractivity contribution in [2.75, 3.05) is 0 Å². The lowest BCUT2D eigenvalue weighted by atomic mass is 10.0.